The van der Waals surface area contributed by atoms with Crippen molar-refractivity contribution in [1.82, 2.24) is 4.98 Å². The van der Waals surface area contributed by atoms with Gasteiger partial charge in [0.2, 0.25) is 0 Å². The molecule has 1 aromatic carbocycles. The smallest absolute Gasteiger partial charge is 0.106 e. The van der Waals surface area contributed by atoms with E-state index < -0.39 is 6.10 Å². The molecule has 1 heterocycles. The highest BCUT2D eigenvalue weighted by Crippen LogP contribution is 2.25. The van der Waals surface area contributed by atoms with Gasteiger partial charge in [-0.15, -0.1) is 0 Å². The van der Waals surface area contributed by atoms with E-state index in [9.17, 15) is 5.11 Å². The fraction of sp³-hybridized carbons (Fsp3) is 0.167. The average Bonchev–Trinajstić information content (AvgIpc) is 2.74. The van der Waals surface area contributed by atoms with E-state index in [-0.39, 0.29) is 0 Å². The highest BCUT2D eigenvalue weighted by molar-refractivity contribution is 6.31. The van der Waals surface area contributed by atoms with Gasteiger partial charge in [0.05, 0.1) is 0 Å². The molecule has 0 saturated heterocycles. The van der Waals surface area contributed by atoms with Gasteiger partial charge in [-0.2, -0.15) is 0 Å². The molecule has 0 aliphatic carbocycles. The molecule has 0 radical (unpaired) electrons. The Kier molecular flexibility index (Phi) is 2.80. The molecule has 3 heteroatoms. The van der Waals surface area contributed by atoms with Crippen LogP contribution in [0.25, 0.3) is 0 Å². The van der Waals surface area contributed by atoms with Crippen LogP contribution >= 0.6 is 11.6 Å². The molecular formula is C12H12ClNO. The second kappa shape index (κ2) is 4.09. The number of hydrogen-bond acceptors (Lipinski definition) is 1. The Labute approximate surface area is 93.5 Å². The summed E-state index contributed by atoms with van der Waals surface area (Å²) in [6.07, 6.45) is 2.95. The van der Waals surface area contributed by atoms with Gasteiger partial charge in [0, 0.05) is 23.0 Å². The Hall–Kier alpha value is -1.25. The highest BCUT2D eigenvalue weighted by atomic mass is 35.5. The normalized spacial score (nSPS) is 12.7. The van der Waals surface area contributed by atoms with Crippen LogP contribution in [0.15, 0.2) is 36.7 Å². The van der Waals surface area contributed by atoms with Crippen molar-refractivity contribution < 1.29 is 5.11 Å². The summed E-state index contributed by atoms with van der Waals surface area (Å²) in [6.45, 7) is 1.94. The largest absolute Gasteiger partial charge is 0.384 e. The number of aliphatic hydroxyl groups is 1. The number of aromatic nitrogens is 1. The molecule has 2 nitrogen and oxygen atoms in total. The van der Waals surface area contributed by atoms with Crippen molar-refractivity contribution in [1.29, 1.82) is 0 Å². The molecule has 0 fully saturated rings. The van der Waals surface area contributed by atoms with Crippen molar-refractivity contribution >= 4 is 11.6 Å². The van der Waals surface area contributed by atoms with Gasteiger partial charge in [0.25, 0.3) is 0 Å². The van der Waals surface area contributed by atoms with Crippen LogP contribution in [0.3, 0.4) is 0 Å². The molecule has 1 atom stereocenters. The maximum atomic E-state index is 10.0. The van der Waals surface area contributed by atoms with Gasteiger partial charge in [0.15, 0.2) is 0 Å². The van der Waals surface area contributed by atoms with Crippen molar-refractivity contribution in [2.24, 2.45) is 0 Å². The summed E-state index contributed by atoms with van der Waals surface area (Å²) in [6, 6.07) is 7.44. The molecule has 1 aromatic heterocycles. The number of halogens is 1. The van der Waals surface area contributed by atoms with Crippen molar-refractivity contribution in [3.63, 3.8) is 0 Å². The van der Waals surface area contributed by atoms with Crippen molar-refractivity contribution in [2.75, 3.05) is 0 Å². The fourth-order valence-corrected chi connectivity index (χ4v) is 1.67. The van der Waals surface area contributed by atoms with E-state index in [1.54, 1.807) is 18.5 Å². The Morgan fingerprint density at radius 2 is 2.07 bits per heavy atom. The zero-order valence-electron chi connectivity index (χ0n) is 8.37. The van der Waals surface area contributed by atoms with Gasteiger partial charge in [-0.25, -0.2) is 0 Å². The van der Waals surface area contributed by atoms with E-state index in [0.29, 0.717) is 5.02 Å². The third kappa shape index (κ3) is 2.06. The first-order valence-corrected chi connectivity index (χ1v) is 5.13. The van der Waals surface area contributed by atoms with Gasteiger partial charge in [-0.3, -0.25) is 0 Å². The molecule has 0 spiro atoms. The monoisotopic (exact) mass is 221 g/mol. The van der Waals surface area contributed by atoms with E-state index >= 15 is 0 Å². The Morgan fingerprint density at radius 3 is 2.67 bits per heavy atom. The summed E-state index contributed by atoms with van der Waals surface area (Å²) >= 11 is 6.00. The summed E-state index contributed by atoms with van der Waals surface area (Å²) < 4.78 is 0. The summed E-state index contributed by atoms with van der Waals surface area (Å²) in [7, 11) is 0. The number of aryl methyl sites for hydroxylation is 1. The number of rotatable bonds is 2. The Bertz CT molecular complexity index is 451. The first-order chi connectivity index (χ1) is 7.18. The predicted molar refractivity (Wildman–Crippen MR) is 61.0 cm³/mol. The molecular weight excluding hydrogens is 210 g/mol. The lowest BCUT2D eigenvalue weighted by molar-refractivity contribution is 0.220. The molecule has 2 N–H and O–H groups in total. The van der Waals surface area contributed by atoms with E-state index in [2.05, 4.69) is 4.98 Å². The van der Waals surface area contributed by atoms with Crippen LogP contribution in [0.5, 0.6) is 0 Å². The SMILES string of the molecule is Cc1ccc(C(O)c2cc[nH]c2)cc1Cl. The van der Waals surface area contributed by atoms with E-state index in [1.807, 2.05) is 25.1 Å². The molecule has 0 bridgehead atoms. The lowest BCUT2D eigenvalue weighted by Gasteiger charge is -2.10. The maximum absolute atomic E-state index is 10.0. The molecule has 0 saturated carbocycles. The molecule has 0 amide bonds. The molecule has 15 heavy (non-hydrogen) atoms. The van der Waals surface area contributed by atoms with Crippen molar-refractivity contribution in [2.45, 2.75) is 13.0 Å². The standard InChI is InChI=1S/C12H12ClNO/c1-8-2-3-9(6-11(8)13)12(15)10-4-5-14-7-10/h2-7,12,14-15H,1H3. The van der Waals surface area contributed by atoms with Crippen LogP contribution in [0.2, 0.25) is 5.02 Å². The number of aliphatic hydroxyl groups excluding tert-OH is 1. The van der Waals surface area contributed by atoms with Crippen LogP contribution in [-0.4, -0.2) is 10.1 Å². The number of aromatic amines is 1. The molecule has 0 aliphatic heterocycles. The average molecular weight is 222 g/mol. The summed E-state index contributed by atoms with van der Waals surface area (Å²) in [4.78, 5) is 2.91. The zero-order valence-corrected chi connectivity index (χ0v) is 9.12. The number of hydrogen-bond donors (Lipinski definition) is 2. The van der Waals surface area contributed by atoms with E-state index in [1.165, 1.54) is 0 Å². The minimum absolute atomic E-state index is 0.616. The first kappa shape index (κ1) is 10.3. The number of benzene rings is 1. The minimum atomic E-state index is -0.616. The lowest BCUT2D eigenvalue weighted by Crippen LogP contribution is -1.98. The van der Waals surface area contributed by atoms with E-state index in [0.717, 1.165) is 16.7 Å². The van der Waals surface area contributed by atoms with Crippen LogP contribution in [0, 0.1) is 6.92 Å². The second-order valence-corrected chi connectivity index (χ2v) is 3.96. The summed E-state index contributed by atoms with van der Waals surface area (Å²) in [5.41, 5.74) is 2.67. The maximum Gasteiger partial charge on any atom is 0.106 e. The van der Waals surface area contributed by atoms with Gasteiger partial charge in [-0.1, -0.05) is 23.7 Å². The Balaban J connectivity index is 2.34. The highest BCUT2D eigenvalue weighted by Gasteiger charge is 2.11. The number of nitrogens with one attached hydrogen (secondary N) is 1. The molecule has 78 valence electrons. The quantitative estimate of drug-likeness (QED) is 0.804. The Morgan fingerprint density at radius 1 is 1.27 bits per heavy atom. The van der Waals surface area contributed by atoms with Gasteiger partial charge < -0.3 is 10.1 Å². The number of H-pyrrole nitrogens is 1. The van der Waals surface area contributed by atoms with Gasteiger partial charge in [0.1, 0.15) is 6.10 Å². The summed E-state index contributed by atoms with van der Waals surface area (Å²) in [5.74, 6) is 0. The minimum Gasteiger partial charge on any atom is -0.384 e. The van der Waals surface area contributed by atoms with Crippen LogP contribution in [0.1, 0.15) is 22.8 Å². The zero-order chi connectivity index (χ0) is 10.8. The predicted octanol–water partition coefficient (Wildman–Crippen LogP) is 3.06. The third-order valence-electron chi connectivity index (χ3n) is 2.45. The fourth-order valence-electron chi connectivity index (χ4n) is 1.48. The first-order valence-electron chi connectivity index (χ1n) is 4.75. The molecule has 2 rings (SSSR count). The molecule has 0 aliphatic rings. The van der Waals surface area contributed by atoms with Gasteiger partial charge in [-0.05, 0) is 30.2 Å². The lowest BCUT2D eigenvalue weighted by atomic mass is 10.0. The van der Waals surface area contributed by atoms with Crippen LogP contribution in [0.4, 0.5) is 0 Å². The van der Waals surface area contributed by atoms with Crippen LogP contribution < -0.4 is 0 Å². The molecule has 1 unspecified atom stereocenters. The van der Waals surface area contributed by atoms with E-state index in [4.69, 9.17) is 11.6 Å². The summed E-state index contributed by atoms with van der Waals surface area (Å²) in [5, 5.41) is 10.7. The van der Waals surface area contributed by atoms with Gasteiger partial charge >= 0.3 is 0 Å². The topological polar surface area (TPSA) is 36.0 Å². The third-order valence-corrected chi connectivity index (χ3v) is 2.86. The molecule has 2 aromatic rings. The van der Waals surface area contributed by atoms with Crippen molar-refractivity contribution in [3.8, 4) is 0 Å². The van der Waals surface area contributed by atoms with Crippen LogP contribution in [-0.2, 0) is 0 Å². The van der Waals surface area contributed by atoms with Crippen molar-refractivity contribution in [3.05, 3.63) is 58.4 Å². The second-order valence-electron chi connectivity index (χ2n) is 3.56.